The van der Waals surface area contributed by atoms with Gasteiger partial charge in [0.1, 0.15) is 17.6 Å². The number of allylic oxidation sites excluding steroid dienone is 1. The Bertz CT molecular complexity index is 1690. The number of carbonyl (C=O) groups excluding carboxylic acids is 2. The summed E-state index contributed by atoms with van der Waals surface area (Å²) in [4.78, 5) is 40.7. The van der Waals surface area contributed by atoms with Crippen LogP contribution in [0, 0.1) is 15.5 Å². The highest BCUT2D eigenvalue weighted by molar-refractivity contribution is 6.11. The Morgan fingerprint density at radius 1 is 0.975 bits per heavy atom. The quantitative estimate of drug-likeness (QED) is 0.218. The third-order valence-electron chi connectivity index (χ3n) is 7.38. The molecule has 0 saturated heterocycles. The van der Waals surface area contributed by atoms with Crippen LogP contribution < -0.4 is 10.2 Å². The lowest BCUT2D eigenvalue weighted by Gasteiger charge is -2.36. The van der Waals surface area contributed by atoms with Gasteiger partial charge in [-0.25, -0.2) is 0 Å². The molecule has 1 N–H and O–H groups in total. The molecule has 2 heterocycles. The standard InChI is InChI=1S/C32H27N3O5/c1-32(2)18-24-29(26(36)19-32)30(28-16-15-27(40-28)21-11-8-12-22(17-21)35(38)39)34(25-14-7-6-13-23(25)33-24)31(37)20-9-4-3-5-10-20/h3-17,30,33H,18-19H2,1-2H3/t30-/m0/s1. The molecule has 8 nitrogen and oxygen atoms in total. The molecule has 4 aromatic rings. The van der Waals surface area contributed by atoms with Gasteiger partial charge in [-0.2, -0.15) is 0 Å². The van der Waals surface area contributed by atoms with Crippen molar-refractivity contribution in [2.45, 2.75) is 32.7 Å². The van der Waals surface area contributed by atoms with Gasteiger partial charge in [-0.05, 0) is 48.2 Å². The second-order valence-corrected chi connectivity index (χ2v) is 10.9. The highest BCUT2D eigenvalue weighted by Gasteiger charge is 2.44. The lowest BCUT2D eigenvalue weighted by Crippen LogP contribution is -2.39. The molecule has 1 aliphatic carbocycles. The fourth-order valence-corrected chi connectivity index (χ4v) is 5.63. The number of hydrogen-bond acceptors (Lipinski definition) is 6. The SMILES string of the molecule is CC1(C)CC(=O)C2=C(C1)Nc1ccccc1N(C(=O)c1ccccc1)[C@H]2c1ccc(-c2cccc([N+](=O)[O-])c2)o1. The summed E-state index contributed by atoms with van der Waals surface area (Å²) in [5.41, 5.74) is 3.26. The maximum Gasteiger partial charge on any atom is 0.270 e. The predicted octanol–water partition coefficient (Wildman–Crippen LogP) is 7.31. The highest BCUT2D eigenvalue weighted by Crippen LogP contribution is 2.49. The van der Waals surface area contributed by atoms with Crippen LogP contribution in [-0.4, -0.2) is 16.6 Å². The summed E-state index contributed by atoms with van der Waals surface area (Å²) in [6.07, 6.45) is 0.941. The number of hydrogen-bond donors (Lipinski definition) is 1. The Kier molecular flexibility index (Phi) is 6.10. The van der Waals surface area contributed by atoms with Crippen molar-refractivity contribution in [3.8, 4) is 11.3 Å². The number of amides is 1. The average Bonchev–Trinajstić information content (AvgIpc) is 3.37. The van der Waals surface area contributed by atoms with Crippen molar-refractivity contribution in [1.29, 1.82) is 0 Å². The third kappa shape index (κ3) is 4.47. The largest absolute Gasteiger partial charge is 0.458 e. The van der Waals surface area contributed by atoms with E-state index in [1.807, 2.05) is 30.3 Å². The van der Waals surface area contributed by atoms with E-state index in [4.69, 9.17) is 4.42 Å². The van der Waals surface area contributed by atoms with Gasteiger partial charge in [-0.15, -0.1) is 0 Å². The fourth-order valence-electron chi connectivity index (χ4n) is 5.63. The van der Waals surface area contributed by atoms with Gasteiger partial charge in [0.2, 0.25) is 0 Å². The van der Waals surface area contributed by atoms with Crippen LogP contribution >= 0.6 is 0 Å². The minimum atomic E-state index is -0.852. The van der Waals surface area contributed by atoms with Crippen molar-refractivity contribution in [2.75, 3.05) is 10.2 Å². The number of carbonyl (C=O) groups is 2. The van der Waals surface area contributed by atoms with E-state index in [0.29, 0.717) is 46.7 Å². The van der Waals surface area contributed by atoms with E-state index >= 15 is 0 Å². The summed E-state index contributed by atoms with van der Waals surface area (Å²) in [6, 6.07) is 25.2. The summed E-state index contributed by atoms with van der Waals surface area (Å²) in [5.74, 6) is 0.460. The van der Waals surface area contributed by atoms with Crippen LogP contribution in [-0.2, 0) is 4.79 Å². The van der Waals surface area contributed by atoms with E-state index in [1.165, 1.54) is 12.1 Å². The van der Waals surface area contributed by atoms with Gasteiger partial charge in [-0.1, -0.05) is 56.3 Å². The molecule has 0 radical (unpaired) electrons. The third-order valence-corrected chi connectivity index (χ3v) is 7.38. The van der Waals surface area contributed by atoms with Gasteiger partial charge in [0.05, 0.1) is 16.3 Å². The number of furan rings is 1. The maximum atomic E-state index is 14.3. The van der Waals surface area contributed by atoms with Gasteiger partial charge < -0.3 is 9.73 Å². The van der Waals surface area contributed by atoms with Gasteiger partial charge >= 0.3 is 0 Å². The second-order valence-electron chi connectivity index (χ2n) is 10.9. The molecule has 40 heavy (non-hydrogen) atoms. The zero-order valence-electron chi connectivity index (χ0n) is 22.1. The lowest BCUT2D eigenvalue weighted by molar-refractivity contribution is -0.384. The first-order chi connectivity index (χ1) is 19.2. The normalized spacial score (nSPS) is 17.9. The van der Waals surface area contributed by atoms with E-state index in [1.54, 1.807) is 53.4 Å². The van der Waals surface area contributed by atoms with Crippen molar-refractivity contribution in [3.05, 3.63) is 124 Å². The van der Waals surface area contributed by atoms with Gasteiger partial charge in [0, 0.05) is 41.0 Å². The molecule has 200 valence electrons. The highest BCUT2D eigenvalue weighted by atomic mass is 16.6. The Labute approximate surface area is 231 Å². The summed E-state index contributed by atoms with van der Waals surface area (Å²) in [6.45, 7) is 4.12. The van der Waals surface area contributed by atoms with Crippen LogP contribution in [0.3, 0.4) is 0 Å². The molecule has 1 aliphatic heterocycles. The van der Waals surface area contributed by atoms with Crippen LogP contribution in [0.1, 0.15) is 48.8 Å². The molecule has 1 atom stereocenters. The number of nitro benzene ring substituents is 1. The smallest absolute Gasteiger partial charge is 0.270 e. The van der Waals surface area contributed by atoms with Crippen molar-refractivity contribution in [1.82, 2.24) is 0 Å². The maximum absolute atomic E-state index is 14.3. The van der Waals surface area contributed by atoms with Crippen LogP contribution in [0.2, 0.25) is 0 Å². The van der Waals surface area contributed by atoms with Crippen molar-refractivity contribution in [2.24, 2.45) is 5.41 Å². The van der Waals surface area contributed by atoms with Gasteiger partial charge in [-0.3, -0.25) is 24.6 Å². The number of non-ortho nitro benzene ring substituents is 1. The van der Waals surface area contributed by atoms with Crippen molar-refractivity contribution >= 4 is 28.8 Å². The number of Topliss-reactive ketones (excluding diaryl/α,β-unsaturated/α-hetero) is 1. The van der Waals surface area contributed by atoms with Crippen LogP contribution in [0.5, 0.6) is 0 Å². The van der Waals surface area contributed by atoms with Crippen LogP contribution in [0.15, 0.2) is 107 Å². The van der Waals surface area contributed by atoms with Crippen LogP contribution in [0.25, 0.3) is 11.3 Å². The number of nitrogens with zero attached hydrogens (tertiary/aromatic N) is 2. The first kappa shape index (κ1) is 25.3. The molecule has 0 saturated carbocycles. The molecular weight excluding hydrogens is 506 g/mol. The predicted molar refractivity (Wildman–Crippen MR) is 152 cm³/mol. The molecule has 0 fully saturated rings. The Morgan fingerprint density at radius 3 is 2.50 bits per heavy atom. The fraction of sp³-hybridized carbons (Fsp3) is 0.188. The Morgan fingerprint density at radius 2 is 1.73 bits per heavy atom. The van der Waals surface area contributed by atoms with Gasteiger partial charge in [0.25, 0.3) is 11.6 Å². The molecule has 1 amide bonds. The summed E-state index contributed by atoms with van der Waals surface area (Å²) < 4.78 is 6.35. The molecule has 0 spiro atoms. The summed E-state index contributed by atoms with van der Waals surface area (Å²) in [7, 11) is 0. The van der Waals surface area contributed by atoms with E-state index < -0.39 is 11.0 Å². The molecule has 3 aromatic carbocycles. The van der Waals surface area contributed by atoms with Crippen LogP contribution in [0.4, 0.5) is 17.1 Å². The van der Waals surface area contributed by atoms with E-state index in [0.717, 1.165) is 11.4 Å². The van der Waals surface area contributed by atoms with E-state index in [2.05, 4.69) is 19.2 Å². The number of ketones is 1. The number of fused-ring (bicyclic) bond motifs is 1. The topological polar surface area (TPSA) is 106 Å². The zero-order valence-corrected chi connectivity index (χ0v) is 22.1. The lowest BCUT2D eigenvalue weighted by atomic mass is 9.74. The minimum absolute atomic E-state index is 0.0568. The zero-order chi connectivity index (χ0) is 28.0. The van der Waals surface area contributed by atoms with Crippen molar-refractivity contribution < 1.29 is 18.9 Å². The van der Waals surface area contributed by atoms with Gasteiger partial charge in [0.15, 0.2) is 5.78 Å². The Balaban J connectivity index is 1.57. The molecule has 6 rings (SSSR count). The monoisotopic (exact) mass is 533 g/mol. The van der Waals surface area contributed by atoms with E-state index in [-0.39, 0.29) is 22.8 Å². The average molecular weight is 534 g/mol. The number of nitro groups is 1. The summed E-state index contributed by atoms with van der Waals surface area (Å²) >= 11 is 0. The first-order valence-electron chi connectivity index (χ1n) is 13.1. The molecule has 1 aromatic heterocycles. The van der Waals surface area contributed by atoms with Crippen molar-refractivity contribution in [3.63, 3.8) is 0 Å². The number of benzene rings is 3. The number of rotatable bonds is 4. The Hall–Kier alpha value is -4.98. The van der Waals surface area contributed by atoms with E-state index in [9.17, 15) is 19.7 Å². The molecule has 0 bridgehead atoms. The number of para-hydroxylation sites is 2. The number of nitrogens with one attached hydrogen (secondary N) is 1. The molecular formula is C32H27N3O5. The second kappa shape index (κ2) is 9.64. The molecule has 2 aliphatic rings. The first-order valence-corrected chi connectivity index (χ1v) is 13.1. The summed E-state index contributed by atoms with van der Waals surface area (Å²) in [5, 5.41) is 14.9. The minimum Gasteiger partial charge on any atom is -0.458 e. The molecule has 0 unspecified atom stereocenters. The number of anilines is 2. The molecule has 8 heteroatoms.